The molecule has 0 aliphatic carbocycles. The number of carbonyl (C=O) groups is 1. The molecule has 0 saturated carbocycles. The van der Waals surface area contributed by atoms with Crippen LogP contribution in [-0.4, -0.2) is 26.8 Å². The summed E-state index contributed by atoms with van der Waals surface area (Å²) in [6, 6.07) is 11.1. The summed E-state index contributed by atoms with van der Waals surface area (Å²) in [5.41, 5.74) is 1.95. The van der Waals surface area contributed by atoms with E-state index in [2.05, 4.69) is 15.2 Å². The molecule has 1 aromatic carbocycles. The molecule has 7 nitrogen and oxygen atoms in total. The number of furan rings is 1. The number of nitrogens with zero attached hydrogens (tertiary/aromatic N) is 4. The highest BCUT2D eigenvalue weighted by Gasteiger charge is 2.36. The summed E-state index contributed by atoms with van der Waals surface area (Å²) < 4.78 is 11.8. The molecule has 1 atom stereocenters. The first-order valence-corrected chi connectivity index (χ1v) is 9.70. The highest BCUT2D eigenvalue weighted by atomic mass is 32.2. The molecule has 1 amide bonds. The van der Waals surface area contributed by atoms with Gasteiger partial charge in [-0.15, -0.1) is 10.2 Å². The zero-order valence-electron chi connectivity index (χ0n) is 15.0. The van der Waals surface area contributed by atoms with Crippen LogP contribution < -0.4 is 9.64 Å². The first-order valence-electron chi connectivity index (χ1n) is 8.72. The molecule has 138 valence electrons. The number of fused-ring (bicyclic) bond motifs is 3. The average Bonchev–Trinajstić information content (AvgIpc) is 3.18. The lowest BCUT2D eigenvalue weighted by atomic mass is 10.1. The summed E-state index contributed by atoms with van der Waals surface area (Å²) in [7, 11) is 0. The maximum Gasteiger partial charge on any atom is 0.247 e. The molecule has 3 aromatic rings. The lowest BCUT2D eigenvalue weighted by molar-refractivity contribution is -0.120. The number of para-hydroxylation sites is 1. The van der Waals surface area contributed by atoms with E-state index in [1.165, 1.54) is 11.8 Å². The van der Waals surface area contributed by atoms with E-state index >= 15 is 0 Å². The van der Waals surface area contributed by atoms with Crippen LogP contribution in [0.4, 0.5) is 5.69 Å². The summed E-state index contributed by atoms with van der Waals surface area (Å²) in [5.74, 6) is 1.58. The Balaban J connectivity index is 1.94. The molecule has 8 heteroatoms. The van der Waals surface area contributed by atoms with Crippen LogP contribution in [0.15, 0.2) is 52.2 Å². The summed E-state index contributed by atoms with van der Waals surface area (Å²) >= 11 is 1.48. The van der Waals surface area contributed by atoms with E-state index < -0.39 is 6.23 Å². The van der Waals surface area contributed by atoms with Gasteiger partial charge in [0.25, 0.3) is 0 Å². The standard InChI is InChI=1S/C19H18N4O3S/c1-3-15(24)23-13-9-6-5-8-12(13)16-17(20-19(22-21-16)27-4-2)26-18(23)14-10-7-11-25-14/h5-11,18H,3-4H2,1-2H3. The number of thioether (sulfide) groups is 1. The van der Waals surface area contributed by atoms with Gasteiger partial charge >= 0.3 is 0 Å². The van der Waals surface area contributed by atoms with E-state index in [1.54, 1.807) is 23.3 Å². The monoisotopic (exact) mass is 382 g/mol. The van der Waals surface area contributed by atoms with Crippen molar-refractivity contribution in [3.8, 4) is 17.1 Å². The number of ether oxygens (including phenoxy) is 1. The Bertz CT molecular complexity index is 961. The third kappa shape index (κ3) is 3.16. The van der Waals surface area contributed by atoms with E-state index in [4.69, 9.17) is 9.15 Å². The third-order valence-electron chi connectivity index (χ3n) is 4.14. The van der Waals surface area contributed by atoms with E-state index in [0.29, 0.717) is 34.6 Å². The van der Waals surface area contributed by atoms with Gasteiger partial charge in [0.2, 0.25) is 23.2 Å². The minimum absolute atomic E-state index is 0.0900. The highest BCUT2D eigenvalue weighted by molar-refractivity contribution is 7.99. The van der Waals surface area contributed by atoms with Crippen molar-refractivity contribution in [2.75, 3.05) is 10.7 Å². The van der Waals surface area contributed by atoms with Gasteiger partial charge in [0.15, 0.2) is 11.5 Å². The van der Waals surface area contributed by atoms with Crippen LogP contribution in [-0.2, 0) is 4.79 Å². The van der Waals surface area contributed by atoms with Crippen molar-refractivity contribution in [1.29, 1.82) is 0 Å². The number of rotatable bonds is 4. The second-order valence-electron chi connectivity index (χ2n) is 5.80. The molecule has 1 aliphatic rings. The van der Waals surface area contributed by atoms with Crippen molar-refractivity contribution >= 4 is 23.4 Å². The van der Waals surface area contributed by atoms with Gasteiger partial charge in [0.05, 0.1) is 12.0 Å². The fourth-order valence-electron chi connectivity index (χ4n) is 2.96. The number of aromatic nitrogens is 3. The van der Waals surface area contributed by atoms with Gasteiger partial charge in [-0.1, -0.05) is 43.8 Å². The second kappa shape index (κ2) is 7.40. The average molecular weight is 382 g/mol. The highest BCUT2D eigenvalue weighted by Crippen LogP contribution is 2.43. The molecule has 0 fully saturated rings. The fourth-order valence-corrected chi connectivity index (χ4v) is 3.46. The molecular weight excluding hydrogens is 364 g/mol. The molecular formula is C19H18N4O3S. The van der Waals surface area contributed by atoms with Crippen molar-refractivity contribution in [1.82, 2.24) is 15.2 Å². The van der Waals surface area contributed by atoms with Crippen LogP contribution in [0, 0.1) is 0 Å². The number of hydrogen-bond acceptors (Lipinski definition) is 7. The lowest BCUT2D eigenvalue weighted by Gasteiger charge is -2.28. The molecule has 2 aromatic heterocycles. The van der Waals surface area contributed by atoms with E-state index in [0.717, 1.165) is 11.3 Å². The van der Waals surface area contributed by atoms with Gasteiger partial charge in [-0.25, -0.2) is 0 Å². The Hall–Kier alpha value is -2.87. The van der Waals surface area contributed by atoms with Crippen LogP contribution in [0.3, 0.4) is 0 Å². The predicted molar refractivity (Wildman–Crippen MR) is 102 cm³/mol. The number of amides is 1. The summed E-state index contributed by atoms with van der Waals surface area (Å²) in [6.07, 6.45) is 1.11. The first-order chi connectivity index (χ1) is 13.2. The van der Waals surface area contributed by atoms with E-state index in [1.807, 2.05) is 38.1 Å². The van der Waals surface area contributed by atoms with Crippen molar-refractivity contribution in [3.05, 3.63) is 48.4 Å². The molecule has 0 saturated heterocycles. The molecule has 0 bridgehead atoms. The molecule has 1 unspecified atom stereocenters. The maximum absolute atomic E-state index is 12.9. The Labute approximate surface area is 160 Å². The zero-order chi connectivity index (χ0) is 18.8. The van der Waals surface area contributed by atoms with Crippen LogP contribution in [0.1, 0.15) is 32.3 Å². The van der Waals surface area contributed by atoms with E-state index in [9.17, 15) is 4.79 Å². The van der Waals surface area contributed by atoms with Crippen LogP contribution in [0.25, 0.3) is 11.3 Å². The number of carbonyl (C=O) groups excluding carboxylic acids is 1. The van der Waals surface area contributed by atoms with Crippen LogP contribution in [0.5, 0.6) is 5.88 Å². The number of benzene rings is 1. The normalized spacial score (nSPS) is 15.5. The fraction of sp³-hybridized carbons (Fsp3) is 0.263. The molecule has 0 N–H and O–H groups in total. The van der Waals surface area contributed by atoms with Crippen molar-refractivity contribution in [2.45, 2.75) is 31.7 Å². The topological polar surface area (TPSA) is 81.3 Å². The van der Waals surface area contributed by atoms with Crippen LogP contribution in [0.2, 0.25) is 0 Å². The Kier molecular flexibility index (Phi) is 4.81. The SMILES string of the molecule is CCSc1nnc2c(n1)OC(c1ccco1)N(C(=O)CC)c1ccccc1-2. The molecule has 27 heavy (non-hydrogen) atoms. The Morgan fingerprint density at radius 1 is 1.19 bits per heavy atom. The number of anilines is 1. The van der Waals surface area contributed by atoms with Gasteiger partial charge in [0, 0.05) is 12.0 Å². The van der Waals surface area contributed by atoms with Crippen molar-refractivity contribution < 1.29 is 13.9 Å². The zero-order valence-corrected chi connectivity index (χ0v) is 15.8. The predicted octanol–water partition coefficient (Wildman–Crippen LogP) is 4.08. The maximum atomic E-state index is 12.9. The van der Waals surface area contributed by atoms with Crippen molar-refractivity contribution in [3.63, 3.8) is 0 Å². The van der Waals surface area contributed by atoms with Gasteiger partial charge in [-0.05, 0) is 24.0 Å². The molecule has 0 radical (unpaired) electrons. The summed E-state index contributed by atoms with van der Waals surface area (Å²) in [5, 5.41) is 9.07. The second-order valence-corrected chi connectivity index (χ2v) is 7.03. The Morgan fingerprint density at radius 2 is 2.04 bits per heavy atom. The number of hydrogen-bond donors (Lipinski definition) is 0. The van der Waals surface area contributed by atoms with Gasteiger partial charge in [0.1, 0.15) is 0 Å². The van der Waals surface area contributed by atoms with Crippen molar-refractivity contribution in [2.24, 2.45) is 0 Å². The molecule has 4 rings (SSSR count). The smallest absolute Gasteiger partial charge is 0.247 e. The Morgan fingerprint density at radius 3 is 2.78 bits per heavy atom. The molecule has 0 spiro atoms. The quantitative estimate of drug-likeness (QED) is 0.629. The van der Waals surface area contributed by atoms with E-state index in [-0.39, 0.29) is 5.91 Å². The van der Waals surface area contributed by atoms with Gasteiger partial charge in [-0.2, -0.15) is 4.98 Å². The lowest BCUT2D eigenvalue weighted by Crippen LogP contribution is -2.37. The minimum atomic E-state index is -0.772. The largest absolute Gasteiger partial charge is 0.463 e. The summed E-state index contributed by atoms with van der Waals surface area (Å²) in [4.78, 5) is 19.0. The minimum Gasteiger partial charge on any atom is -0.463 e. The first kappa shape index (κ1) is 17.5. The third-order valence-corrected chi connectivity index (χ3v) is 4.86. The molecule has 3 heterocycles. The van der Waals surface area contributed by atoms with Gasteiger partial charge < -0.3 is 9.15 Å². The summed E-state index contributed by atoms with van der Waals surface area (Å²) in [6.45, 7) is 3.83. The van der Waals surface area contributed by atoms with Gasteiger partial charge in [-0.3, -0.25) is 9.69 Å². The molecule has 1 aliphatic heterocycles. The van der Waals surface area contributed by atoms with Crippen LogP contribution >= 0.6 is 11.8 Å².